The molecule has 7 heteroatoms. The van der Waals surface area contributed by atoms with Crippen LogP contribution in [0, 0.1) is 13.8 Å². The largest absolute Gasteiger partial charge is 0.466 e. The van der Waals surface area contributed by atoms with Crippen molar-refractivity contribution in [2.75, 3.05) is 29.6 Å². The van der Waals surface area contributed by atoms with E-state index < -0.39 is 0 Å². The third kappa shape index (κ3) is 4.00. The number of benzene rings is 1. The lowest BCUT2D eigenvalue weighted by Crippen LogP contribution is -2.12. The van der Waals surface area contributed by atoms with E-state index in [0.717, 1.165) is 11.4 Å². The van der Waals surface area contributed by atoms with E-state index in [9.17, 15) is 4.79 Å². The number of aryl methyl sites for hydroxylation is 2. The van der Waals surface area contributed by atoms with Gasteiger partial charge in [0.25, 0.3) is 5.91 Å². The van der Waals surface area contributed by atoms with E-state index >= 15 is 0 Å². The molecule has 26 heavy (non-hydrogen) atoms. The van der Waals surface area contributed by atoms with Crippen molar-refractivity contribution < 1.29 is 9.21 Å². The summed E-state index contributed by atoms with van der Waals surface area (Å²) in [5.74, 6) is 1.79. The third-order valence-electron chi connectivity index (χ3n) is 3.86. The summed E-state index contributed by atoms with van der Waals surface area (Å²) in [6.45, 7) is 3.59. The lowest BCUT2D eigenvalue weighted by atomic mass is 10.2. The number of rotatable bonds is 5. The average molecular weight is 351 g/mol. The van der Waals surface area contributed by atoms with Crippen LogP contribution in [0.25, 0.3) is 0 Å². The van der Waals surface area contributed by atoms with Crippen molar-refractivity contribution in [3.8, 4) is 0 Å². The van der Waals surface area contributed by atoms with Gasteiger partial charge in [0.15, 0.2) is 5.82 Å². The monoisotopic (exact) mass is 351 g/mol. The van der Waals surface area contributed by atoms with Gasteiger partial charge in [0, 0.05) is 31.5 Å². The highest BCUT2D eigenvalue weighted by Crippen LogP contribution is 2.21. The van der Waals surface area contributed by atoms with Crippen molar-refractivity contribution in [2.45, 2.75) is 13.8 Å². The fourth-order valence-corrected chi connectivity index (χ4v) is 2.50. The van der Waals surface area contributed by atoms with Crippen LogP contribution in [-0.2, 0) is 0 Å². The second-order valence-corrected chi connectivity index (χ2v) is 6.18. The number of nitrogens with zero attached hydrogens (tertiary/aromatic N) is 3. The van der Waals surface area contributed by atoms with E-state index in [2.05, 4.69) is 20.8 Å². The number of carbonyl (C=O) groups excluding carboxylic acids is 1. The maximum Gasteiger partial charge on any atom is 0.259 e. The predicted molar refractivity (Wildman–Crippen MR) is 102 cm³/mol. The Hall–Kier alpha value is -3.35. The van der Waals surface area contributed by atoms with E-state index in [-0.39, 0.29) is 5.91 Å². The van der Waals surface area contributed by atoms with Crippen molar-refractivity contribution in [1.29, 1.82) is 0 Å². The van der Waals surface area contributed by atoms with Gasteiger partial charge in [0.1, 0.15) is 11.5 Å². The summed E-state index contributed by atoms with van der Waals surface area (Å²) in [5.41, 5.74) is 3.05. The summed E-state index contributed by atoms with van der Waals surface area (Å²) >= 11 is 0. The van der Waals surface area contributed by atoms with Crippen molar-refractivity contribution in [1.82, 2.24) is 10.2 Å². The highest BCUT2D eigenvalue weighted by atomic mass is 16.3. The molecule has 2 N–H and O–H groups in total. The molecule has 2 aromatic heterocycles. The molecule has 0 spiro atoms. The number of anilines is 4. The van der Waals surface area contributed by atoms with Gasteiger partial charge in [-0.05, 0) is 44.2 Å². The van der Waals surface area contributed by atoms with Crippen LogP contribution < -0.4 is 15.5 Å². The highest BCUT2D eigenvalue weighted by molar-refractivity contribution is 6.05. The molecule has 0 saturated heterocycles. The Kier molecular flexibility index (Phi) is 4.88. The molecule has 1 amide bonds. The molecule has 0 aliphatic carbocycles. The summed E-state index contributed by atoms with van der Waals surface area (Å²) in [4.78, 5) is 14.3. The molecule has 0 aliphatic rings. The van der Waals surface area contributed by atoms with E-state index in [1.807, 2.05) is 56.3 Å². The molecule has 0 atom stereocenters. The lowest BCUT2D eigenvalue weighted by Gasteiger charge is -2.13. The fraction of sp³-hybridized carbons (Fsp3) is 0.211. The van der Waals surface area contributed by atoms with E-state index in [0.29, 0.717) is 28.6 Å². The van der Waals surface area contributed by atoms with Gasteiger partial charge in [-0.25, -0.2) is 0 Å². The van der Waals surface area contributed by atoms with Crippen molar-refractivity contribution >= 4 is 28.8 Å². The number of hydrogen-bond donors (Lipinski definition) is 2. The summed E-state index contributed by atoms with van der Waals surface area (Å²) < 4.78 is 5.40. The quantitative estimate of drug-likeness (QED) is 0.728. The minimum atomic E-state index is -0.190. The van der Waals surface area contributed by atoms with E-state index in [1.54, 1.807) is 19.2 Å². The Labute approximate surface area is 152 Å². The Bertz CT molecular complexity index is 916. The average Bonchev–Trinajstić information content (AvgIpc) is 2.95. The van der Waals surface area contributed by atoms with Crippen LogP contribution >= 0.6 is 0 Å². The number of aromatic nitrogens is 2. The van der Waals surface area contributed by atoms with E-state index in [4.69, 9.17) is 4.42 Å². The van der Waals surface area contributed by atoms with Crippen LogP contribution in [0.2, 0.25) is 0 Å². The number of furan rings is 1. The number of hydrogen-bond acceptors (Lipinski definition) is 6. The second kappa shape index (κ2) is 7.26. The smallest absolute Gasteiger partial charge is 0.259 e. The van der Waals surface area contributed by atoms with Crippen LogP contribution in [0.15, 0.2) is 47.0 Å². The summed E-state index contributed by atoms with van der Waals surface area (Å²) in [5, 5.41) is 14.1. The Morgan fingerprint density at radius 1 is 1.08 bits per heavy atom. The number of nitrogens with one attached hydrogen (secondary N) is 2. The maximum atomic E-state index is 12.3. The molecule has 3 aromatic rings. The van der Waals surface area contributed by atoms with Crippen molar-refractivity contribution in [2.24, 2.45) is 0 Å². The Balaban J connectivity index is 1.68. The van der Waals surface area contributed by atoms with Gasteiger partial charge >= 0.3 is 0 Å². The Morgan fingerprint density at radius 2 is 1.77 bits per heavy atom. The molecule has 7 nitrogen and oxygen atoms in total. The lowest BCUT2D eigenvalue weighted by molar-refractivity contribution is 0.102. The van der Waals surface area contributed by atoms with E-state index in [1.165, 1.54) is 0 Å². The van der Waals surface area contributed by atoms with Crippen molar-refractivity contribution in [3.05, 3.63) is 59.7 Å². The first-order valence-corrected chi connectivity index (χ1v) is 8.18. The molecule has 3 rings (SSSR count). The fourth-order valence-electron chi connectivity index (χ4n) is 2.50. The highest BCUT2D eigenvalue weighted by Gasteiger charge is 2.13. The van der Waals surface area contributed by atoms with Crippen LogP contribution in [-0.4, -0.2) is 30.2 Å². The van der Waals surface area contributed by atoms with Crippen LogP contribution in [0.5, 0.6) is 0 Å². The first-order chi connectivity index (χ1) is 12.4. The normalized spacial score (nSPS) is 10.5. The zero-order chi connectivity index (χ0) is 18.7. The first kappa shape index (κ1) is 17.5. The third-order valence-corrected chi connectivity index (χ3v) is 3.86. The number of carbonyl (C=O) groups is 1. The number of amides is 1. The van der Waals surface area contributed by atoms with Crippen LogP contribution in [0.1, 0.15) is 21.9 Å². The molecule has 1 aromatic carbocycles. The summed E-state index contributed by atoms with van der Waals surface area (Å²) in [6, 6.07) is 11.0. The van der Waals surface area contributed by atoms with Gasteiger partial charge < -0.3 is 20.0 Å². The SMILES string of the molecule is Cc1cc(C(=O)Nc2ccc(Nc3cc(N(C)C)cnn3)cc2)c(C)o1. The molecular weight excluding hydrogens is 330 g/mol. The van der Waals surface area contributed by atoms with Gasteiger partial charge in [-0.3, -0.25) is 4.79 Å². The molecule has 2 heterocycles. The van der Waals surface area contributed by atoms with Crippen molar-refractivity contribution in [3.63, 3.8) is 0 Å². The second-order valence-electron chi connectivity index (χ2n) is 6.18. The van der Waals surface area contributed by atoms with Crippen LogP contribution in [0.3, 0.4) is 0 Å². The van der Waals surface area contributed by atoms with Gasteiger partial charge in [-0.2, -0.15) is 5.10 Å². The maximum absolute atomic E-state index is 12.3. The summed E-state index contributed by atoms with van der Waals surface area (Å²) in [6.07, 6.45) is 1.70. The minimum absolute atomic E-state index is 0.190. The van der Waals surface area contributed by atoms with Gasteiger partial charge in [-0.15, -0.1) is 5.10 Å². The zero-order valence-corrected chi connectivity index (χ0v) is 15.2. The summed E-state index contributed by atoms with van der Waals surface area (Å²) in [7, 11) is 3.89. The first-order valence-electron chi connectivity index (χ1n) is 8.18. The van der Waals surface area contributed by atoms with Crippen LogP contribution in [0.4, 0.5) is 22.9 Å². The topological polar surface area (TPSA) is 83.3 Å². The molecule has 0 saturated carbocycles. The minimum Gasteiger partial charge on any atom is -0.466 e. The van der Waals surface area contributed by atoms with Gasteiger partial charge in [0.2, 0.25) is 0 Å². The molecule has 0 bridgehead atoms. The van der Waals surface area contributed by atoms with Gasteiger partial charge in [0.05, 0.1) is 17.4 Å². The molecule has 0 fully saturated rings. The molecule has 134 valence electrons. The molecular formula is C19H21N5O2. The molecule has 0 aliphatic heterocycles. The van der Waals surface area contributed by atoms with Gasteiger partial charge in [-0.1, -0.05) is 0 Å². The Morgan fingerprint density at radius 3 is 2.38 bits per heavy atom. The molecule has 0 radical (unpaired) electrons. The zero-order valence-electron chi connectivity index (χ0n) is 15.2. The molecule has 0 unspecified atom stereocenters. The predicted octanol–water partition coefficient (Wildman–Crippen LogP) is 3.75. The standard InChI is InChI=1S/C19H21N5O2/c1-12-9-17(13(2)26-12)19(25)22-15-7-5-14(6-8-15)21-18-10-16(24(3)4)11-20-23-18/h5-11H,1-4H3,(H,21,23)(H,22,25).